The van der Waals surface area contributed by atoms with Crippen LogP contribution >= 0.6 is 15.9 Å². The third kappa shape index (κ3) is 5.93. The summed E-state index contributed by atoms with van der Waals surface area (Å²) in [5.41, 5.74) is 2.33. The van der Waals surface area contributed by atoms with Crippen LogP contribution in [0.2, 0.25) is 0 Å². The highest BCUT2D eigenvalue weighted by atomic mass is 79.9. The number of carbonyl (C=O) groups is 2. The van der Waals surface area contributed by atoms with Crippen molar-refractivity contribution in [1.82, 2.24) is 10.6 Å². The average Bonchev–Trinajstić information content (AvgIpc) is 2.69. The molecule has 1 aliphatic rings. The van der Waals surface area contributed by atoms with E-state index in [4.69, 9.17) is 0 Å². The first-order valence-electron chi connectivity index (χ1n) is 9.88. The normalized spacial score (nSPS) is 20.2. The van der Waals surface area contributed by atoms with E-state index in [0.29, 0.717) is 5.92 Å². The van der Waals surface area contributed by atoms with Gasteiger partial charge in [0.05, 0.1) is 12.5 Å². The van der Waals surface area contributed by atoms with Gasteiger partial charge >= 0.3 is 0 Å². The second-order valence-corrected chi connectivity index (χ2v) is 8.45. The molecule has 1 unspecified atom stereocenters. The topological polar surface area (TPSA) is 58.2 Å². The van der Waals surface area contributed by atoms with Crippen molar-refractivity contribution in [3.8, 4) is 0 Å². The van der Waals surface area contributed by atoms with Crippen LogP contribution in [-0.4, -0.2) is 17.9 Å². The Bertz CT molecular complexity index is 784. The van der Waals surface area contributed by atoms with Crippen LogP contribution in [0.1, 0.15) is 62.1 Å². The lowest BCUT2D eigenvalue weighted by atomic mass is 9.81. The summed E-state index contributed by atoms with van der Waals surface area (Å²) in [4.78, 5) is 24.2. The van der Waals surface area contributed by atoms with E-state index in [2.05, 4.69) is 50.8 Å². The van der Waals surface area contributed by atoms with Crippen molar-refractivity contribution in [3.05, 3.63) is 70.2 Å². The summed E-state index contributed by atoms with van der Waals surface area (Å²) in [5.74, 6) is 0.443. The minimum atomic E-state index is -0.314. The quantitative estimate of drug-likeness (QED) is 0.670. The summed E-state index contributed by atoms with van der Waals surface area (Å²) in [7, 11) is 0. The van der Waals surface area contributed by atoms with Gasteiger partial charge in [-0.2, -0.15) is 0 Å². The average molecular weight is 443 g/mol. The van der Waals surface area contributed by atoms with E-state index in [0.717, 1.165) is 35.7 Å². The summed E-state index contributed by atoms with van der Waals surface area (Å²) in [6.07, 6.45) is 4.43. The summed E-state index contributed by atoms with van der Waals surface area (Å²) in [5, 5.41) is 6.07. The lowest BCUT2D eigenvalue weighted by molar-refractivity contribution is -0.123. The van der Waals surface area contributed by atoms with Gasteiger partial charge in [-0.15, -0.1) is 0 Å². The molecule has 0 saturated heterocycles. The Morgan fingerprint density at radius 3 is 2.25 bits per heavy atom. The van der Waals surface area contributed by atoms with Crippen molar-refractivity contribution in [3.63, 3.8) is 0 Å². The number of hydrogen-bond donors (Lipinski definition) is 2. The second-order valence-electron chi connectivity index (χ2n) is 7.54. The standard InChI is InChI=1S/C23H27BrN2O2/c1-16(27)25-22(19-7-11-20(24)12-8-19)15-23(28)26-21-13-9-18(10-14-21)17-5-3-2-4-6-17/h2-8,11-12,18,21-22H,9-10,13-15H2,1H3,(H,25,27)(H,26,28). The molecule has 0 bridgehead atoms. The molecular formula is C23H27BrN2O2. The number of halogens is 1. The highest BCUT2D eigenvalue weighted by molar-refractivity contribution is 9.10. The maximum absolute atomic E-state index is 12.6. The lowest BCUT2D eigenvalue weighted by Gasteiger charge is -2.30. The Morgan fingerprint density at radius 1 is 1.00 bits per heavy atom. The first-order chi connectivity index (χ1) is 13.5. The van der Waals surface area contributed by atoms with E-state index in [9.17, 15) is 9.59 Å². The highest BCUT2D eigenvalue weighted by Gasteiger charge is 2.25. The van der Waals surface area contributed by atoms with E-state index in [-0.39, 0.29) is 30.3 Å². The monoisotopic (exact) mass is 442 g/mol. The number of rotatable bonds is 6. The minimum Gasteiger partial charge on any atom is -0.353 e. The van der Waals surface area contributed by atoms with Gasteiger partial charge in [0.15, 0.2) is 0 Å². The Labute approximate surface area is 175 Å². The smallest absolute Gasteiger partial charge is 0.222 e. The molecule has 0 spiro atoms. The van der Waals surface area contributed by atoms with Gasteiger partial charge in [-0.3, -0.25) is 9.59 Å². The number of amides is 2. The van der Waals surface area contributed by atoms with Gasteiger partial charge in [-0.05, 0) is 54.9 Å². The van der Waals surface area contributed by atoms with Crippen molar-refractivity contribution < 1.29 is 9.59 Å². The van der Waals surface area contributed by atoms with Crippen LogP contribution in [0.25, 0.3) is 0 Å². The van der Waals surface area contributed by atoms with Gasteiger partial charge in [0, 0.05) is 17.4 Å². The van der Waals surface area contributed by atoms with Gasteiger partial charge < -0.3 is 10.6 Å². The van der Waals surface area contributed by atoms with Crippen molar-refractivity contribution in [2.75, 3.05) is 0 Å². The summed E-state index contributed by atoms with van der Waals surface area (Å²) < 4.78 is 0.970. The van der Waals surface area contributed by atoms with E-state index in [1.165, 1.54) is 12.5 Å². The molecule has 3 rings (SSSR count). The van der Waals surface area contributed by atoms with Gasteiger partial charge in [0.1, 0.15) is 0 Å². The molecule has 0 radical (unpaired) electrons. The van der Waals surface area contributed by atoms with Crippen LogP contribution in [-0.2, 0) is 9.59 Å². The third-order valence-electron chi connectivity index (χ3n) is 5.40. The fourth-order valence-electron chi connectivity index (χ4n) is 3.96. The molecule has 2 aromatic rings. The molecule has 0 aliphatic heterocycles. The Morgan fingerprint density at radius 2 is 1.64 bits per heavy atom. The fourth-order valence-corrected chi connectivity index (χ4v) is 4.23. The number of hydrogen-bond acceptors (Lipinski definition) is 2. The highest BCUT2D eigenvalue weighted by Crippen LogP contribution is 2.32. The van der Waals surface area contributed by atoms with E-state index in [1.807, 2.05) is 30.3 Å². The zero-order valence-electron chi connectivity index (χ0n) is 16.2. The molecule has 5 heteroatoms. The molecular weight excluding hydrogens is 416 g/mol. The van der Waals surface area contributed by atoms with E-state index >= 15 is 0 Å². The van der Waals surface area contributed by atoms with Crippen LogP contribution in [0.4, 0.5) is 0 Å². The molecule has 2 N–H and O–H groups in total. The summed E-state index contributed by atoms with van der Waals surface area (Å²) in [6.45, 7) is 1.48. The molecule has 28 heavy (non-hydrogen) atoms. The van der Waals surface area contributed by atoms with E-state index < -0.39 is 0 Å². The number of nitrogens with one attached hydrogen (secondary N) is 2. The summed E-state index contributed by atoms with van der Waals surface area (Å²) in [6, 6.07) is 18.2. The molecule has 1 fully saturated rings. The van der Waals surface area contributed by atoms with Crippen LogP contribution in [0.5, 0.6) is 0 Å². The van der Waals surface area contributed by atoms with Gasteiger partial charge in [-0.1, -0.05) is 58.4 Å². The maximum atomic E-state index is 12.6. The zero-order valence-corrected chi connectivity index (χ0v) is 17.7. The predicted molar refractivity (Wildman–Crippen MR) is 115 cm³/mol. The van der Waals surface area contributed by atoms with Crippen molar-refractivity contribution in [2.24, 2.45) is 0 Å². The summed E-state index contributed by atoms with van der Waals surface area (Å²) >= 11 is 3.42. The predicted octanol–water partition coefficient (Wildman–Crippen LogP) is 4.86. The van der Waals surface area contributed by atoms with Gasteiger partial charge in [0.2, 0.25) is 11.8 Å². The second kappa shape index (κ2) is 9.87. The molecule has 1 aliphatic carbocycles. The van der Waals surface area contributed by atoms with Crippen LogP contribution in [0, 0.1) is 0 Å². The number of benzene rings is 2. The molecule has 2 aromatic carbocycles. The Hall–Kier alpha value is -2.14. The third-order valence-corrected chi connectivity index (χ3v) is 5.93. The SMILES string of the molecule is CC(=O)NC(CC(=O)NC1CCC(c2ccccc2)CC1)c1ccc(Br)cc1. The molecule has 1 saturated carbocycles. The van der Waals surface area contributed by atoms with Crippen molar-refractivity contribution in [1.29, 1.82) is 0 Å². The van der Waals surface area contributed by atoms with Crippen LogP contribution in [0.3, 0.4) is 0 Å². The Balaban J connectivity index is 1.53. The maximum Gasteiger partial charge on any atom is 0.222 e. The van der Waals surface area contributed by atoms with Gasteiger partial charge in [-0.25, -0.2) is 0 Å². The Kier molecular flexibility index (Phi) is 7.26. The lowest BCUT2D eigenvalue weighted by Crippen LogP contribution is -2.39. The van der Waals surface area contributed by atoms with Crippen molar-refractivity contribution in [2.45, 2.75) is 57.0 Å². The molecule has 0 heterocycles. The van der Waals surface area contributed by atoms with Crippen LogP contribution < -0.4 is 10.6 Å². The zero-order chi connectivity index (χ0) is 19.9. The first-order valence-corrected chi connectivity index (χ1v) is 10.7. The molecule has 1 atom stereocenters. The van der Waals surface area contributed by atoms with E-state index in [1.54, 1.807) is 0 Å². The molecule has 148 valence electrons. The molecule has 0 aromatic heterocycles. The fraction of sp³-hybridized carbons (Fsp3) is 0.391. The molecule has 4 nitrogen and oxygen atoms in total. The van der Waals surface area contributed by atoms with Gasteiger partial charge in [0.25, 0.3) is 0 Å². The van der Waals surface area contributed by atoms with Crippen molar-refractivity contribution >= 4 is 27.7 Å². The minimum absolute atomic E-state index is 0.00942. The number of carbonyl (C=O) groups excluding carboxylic acids is 2. The molecule has 2 amide bonds. The van der Waals surface area contributed by atoms with Crippen LogP contribution in [0.15, 0.2) is 59.1 Å². The first kappa shape index (κ1) is 20.6. The largest absolute Gasteiger partial charge is 0.353 e.